The summed E-state index contributed by atoms with van der Waals surface area (Å²) in [6.45, 7) is 9.59. The van der Waals surface area contributed by atoms with Gasteiger partial charge in [-0.05, 0) is 67.5 Å². The lowest BCUT2D eigenvalue weighted by molar-refractivity contribution is -0.145. The van der Waals surface area contributed by atoms with Crippen molar-refractivity contribution in [1.29, 1.82) is 0 Å². The minimum absolute atomic E-state index is 0.122. The second kappa shape index (κ2) is 13.7. The Kier molecular flexibility index (Phi) is 9.56. The number of amides is 2. The van der Waals surface area contributed by atoms with Crippen LogP contribution in [0.5, 0.6) is 5.75 Å². The summed E-state index contributed by atoms with van der Waals surface area (Å²) in [6.07, 6.45) is 3.26. The molecular weight excluding hydrogens is 642 g/mol. The Morgan fingerprint density at radius 1 is 1.18 bits per heavy atom. The van der Waals surface area contributed by atoms with E-state index in [-0.39, 0.29) is 30.9 Å². The molecule has 0 saturated carbocycles. The van der Waals surface area contributed by atoms with E-state index in [1.54, 1.807) is 84.5 Å². The number of hydrogen-bond donors (Lipinski definition) is 2. The molecule has 49 heavy (non-hydrogen) atoms. The van der Waals surface area contributed by atoms with Crippen LogP contribution in [0.2, 0.25) is 18.6 Å². The van der Waals surface area contributed by atoms with Crippen molar-refractivity contribution in [3.8, 4) is 5.75 Å². The number of methoxy groups -OCH3 is 1. The molecule has 6 rings (SSSR count). The van der Waals surface area contributed by atoms with E-state index in [4.69, 9.17) is 9.47 Å². The van der Waals surface area contributed by atoms with Crippen LogP contribution in [0.25, 0.3) is 0 Å². The highest BCUT2D eigenvalue weighted by Crippen LogP contribution is 2.60. The minimum Gasteiger partial charge on any atom is -0.497 e. The fraction of sp³-hybridized carbons (Fsp3) is 0.351. The highest BCUT2D eigenvalue weighted by molar-refractivity contribution is 6.72. The number of aromatic nitrogens is 3. The van der Waals surface area contributed by atoms with E-state index in [1.165, 1.54) is 0 Å². The van der Waals surface area contributed by atoms with Crippen molar-refractivity contribution >= 4 is 31.6 Å². The fourth-order valence-corrected chi connectivity index (χ4v) is 10.1. The molecule has 1 aromatic heterocycles. The standard InChI is InChI=1S/C37H42FN5O5Si/c1-6-19-43-32-17-14-27(39-35(45)26-12-15-28(47-3)16-13-26)21-30(32)37(36(43)46)24(2)34(49(4,5)38)33(48-37)18-20-42-22-31(40-41-42)29(23-44)25-10-8-7-9-11-25/h6-17,21-22,24,29,33-34,44H,1,18-20,23H2,2-5H3,(H,39,45)/t24-,29?,33+,34-,37+/m1/s1. The maximum Gasteiger partial charge on any atom is 0.264 e. The number of fused-ring (bicyclic) bond motifs is 2. The summed E-state index contributed by atoms with van der Waals surface area (Å²) in [4.78, 5) is 29.2. The highest BCUT2D eigenvalue weighted by atomic mass is 28.4. The number of aryl methyl sites for hydroxylation is 1. The number of rotatable bonds is 12. The Morgan fingerprint density at radius 3 is 2.57 bits per heavy atom. The maximum atomic E-state index is 16.3. The number of carbonyl (C=O) groups is 2. The predicted molar refractivity (Wildman–Crippen MR) is 188 cm³/mol. The largest absolute Gasteiger partial charge is 0.497 e. The first-order valence-electron chi connectivity index (χ1n) is 16.5. The van der Waals surface area contributed by atoms with Crippen molar-refractivity contribution in [2.45, 2.75) is 56.1 Å². The first kappa shape index (κ1) is 34.2. The van der Waals surface area contributed by atoms with Crippen LogP contribution in [0.3, 0.4) is 0 Å². The van der Waals surface area contributed by atoms with Gasteiger partial charge in [0.2, 0.25) is 8.41 Å². The normalized spacial score (nSPS) is 22.3. The van der Waals surface area contributed by atoms with E-state index in [2.05, 4.69) is 22.2 Å². The monoisotopic (exact) mass is 683 g/mol. The summed E-state index contributed by atoms with van der Waals surface area (Å²) in [5, 5.41) is 21.7. The van der Waals surface area contributed by atoms with Gasteiger partial charge in [0.15, 0.2) is 5.60 Å². The Hall–Kier alpha value is -4.65. The highest BCUT2D eigenvalue weighted by Gasteiger charge is 2.66. The molecule has 3 heterocycles. The third kappa shape index (κ3) is 6.31. The molecule has 1 saturated heterocycles. The topological polar surface area (TPSA) is 119 Å². The van der Waals surface area contributed by atoms with Gasteiger partial charge in [0.1, 0.15) is 5.75 Å². The molecule has 1 spiro atoms. The SMILES string of the molecule is C=CCN1C(=O)[C@@]2(O[C@@H](CCn3cc(C(CO)c4ccccc4)nn3)[C@H]([Si](C)(C)F)[C@H]2C)c2cc(NC(=O)c3ccc(OC)cc3)ccc21. The molecule has 1 fully saturated rings. The summed E-state index contributed by atoms with van der Waals surface area (Å²) in [7, 11) is -1.84. The molecule has 2 aliphatic heterocycles. The Balaban J connectivity index is 1.30. The first-order valence-corrected chi connectivity index (χ1v) is 19.4. The molecule has 256 valence electrons. The molecule has 2 amide bonds. The molecule has 2 aliphatic rings. The molecule has 5 atom stereocenters. The first-order chi connectivity index (χ1) is 23.5. The number of hydrogen-bond acceptors (Lipinski definition) is 7. The molecule has 2 N–H and O–H groups in total. The lowest BCUT2D eigenvalue weighted by Crippen LogP contribution is -2.45. The van der Waals surface area contributed by atoms with E-state index >= 15 is 4.11 Å². The molecule has 3 aromatic carbocycles. The van der Waals surface area contributed by atoms with Gasteiger partial charge in [0, 0.05) is 47.6 Å². The van der Waals surface area contributed by atoms with Crippen LogP contribution in [0.1, 0.15) is 46.4 Å². The number of carbonyl (C=O) groups excluding carboxylic acids is 2. The van der Waals surface area contributed by atoms with Gasteiger partial charge in [-0.3, -0.25) is 14.3 Å². The Bertz CT molecular complexity index is 1830. The number of benzene rings is 3. The third-order valence-corrected chi connectivity index (χ3v) is 12.3. The Labute approximate surface area is 286 Å². The number of aliphatic hydroxyl groups excluding tert-OH is 1. The summed E-state index contributed by atoms with van der Waals surface area (Å²) in [5.74, 6) is -0.774. The van der Waals surface area contributed by atoms with Crippen molar-refractivity contribution in [2.75, 3.05) is 30.5 Å². The van der Waals surface area contributed by atoms with Gasteiger partial charge in [-0.1, -0.05) is 48.5 Å². The number of nitrogens with one attached hydrogen (secondary N) is 1. The molecule has 1 unspecified atom stereocenters. The predicted octanol–water partition coefficient (Wildman–Crippen LogP) is 6.06. The summed E-state index contributed by atoms with van der Waals surface area (Å²) < 4.78 is 30.1. The van der Waals surface area contributed by atoms with Crippen LogP contribution >= 0.6 is 0 Å². The van der Waals surface area contributed by atoms with Crippen LogP contribution < -0.4 is 15.0 Å². The third-order valence-electron chi connectivity index (χ3n) is 9.82. The van der Waals surface area contributed by atoms with Crippen LogP contribution in [-0.4, -0.2) is 66.7 Å². The molecule has 0 aliphatic carbocycles. The number of aliphatic hydroxyl groups is 1. The molecule has 4 aromatic rings. The molecule has 0 radical (unpaired) electrons. The lowest BCUT2D eigenvalue weighted by atomic mass is 9.82. The zero-order chi connectivity index (χ0) is 34.9. The van der Waals surface area contributed by atoms with Crippen LogP contribution in [0.4, 0.5) is 15.5 Å². The van der Waals surface area contributed by atoms with Crippen LogP contribution in [0.15, 0.2) is 91.6 Å². The molecule has 12 heteroatoms. The van der Waals surface area contributed by atoms with Crippen molar-refractivity contribution in [2.24, 2.45) is 5.92 Å². The van der Waals surface area contributed by atoms with Crippen molar-refractivity contribution in [1.82, 2.24) is 15.0 Å². The van der Waals surface area contributed by atoms with E-state index in [9.17, 15) is 14.7 Å². The summed E-state index contributed by atoms with van der Waals surface area (Å²) in [6, 6.07) is 21.7. The van der Waals surface area contributed by atoms with Gasteiger partial charge in [0.25, 0.3) is 11.8 Å². The fourth-order valence-electron chi connectivity index (χ4n) is 7.55. The average Bonchev–Trinajstić information content (AvgIpc) is 3.75. The van der Waals surface area contributed by atoms with Crippen LogP contribution in [-0.2, 0) is 21.7 Å². The average molecular weight is 684 g/mol. The van der Waals surface area contributed by atoms with Gasteiger partial charge in [-0.25, -0.2) is 0 Å². The number of halogens is 1. The smallest absolute Gasteiger partial charge is 0.264 e. The van der Waals surface area contributed by atoms with Crippen molar-refractivity contribution in [3.63, 3.8) is 0 Å². The number of ether oxygens (including phenoxy) is 2. The van der Waals surface area contributed by atoms with E-state index in [1.807, 2.05) is 37.3 Å². The van der Waals surface area contributed by atoms with Gasteiger partial charge in [0.05, 0.1) is 37.1 Å². The van der Waals surface area contributed by atoms with Crippen LogP contribution in [0, 0.1) is 5.92 Å². The quantitative estimate of drug-likeness (QED) is 0.106. The summed E-state index contributed by atoms with van der Waals surface area (Å²) >= 11 is 0. The van der Waals surface area contributed by atoms with Crippen molar-refractivity contribution < 1.29 is 28.3 Å². The second-order valence-electron chi connectivity index (χ2n) is 13.2. The van der Waals surface area contributed by atoms with Crippen molar-refractivity contribution in [3.05, 3.63) is 114 Å². The minimum atomic E-state index is -3.40. The zero-order valence-corrected chi connectivity index (χ0v) is 29.2. The van der Waals surface area contributed by atoms with E-state index < -0.39 is 31.6 Å². The molecule has 10 nitrogen and oxygen atoms in total. The van der Waals surface area contributed by atoms with Gasteiger partial charge in [-0.2, -0.15) is 0 Å². The van der Waals surface area contributed by atoms with Gasteiger partial charge >= 0.3 is 0 Å². The number of nitrogens with zero attached hydrogens (tertiary/aromatic N) is 4. The lowest BCUT2D eigenvalue weighted by Gasteiger charge is -2.31. The van der Waals surface area contributed by atoms with E-state index in [0.717, 1.165) is 5.56 Å². The molecule has 0 bridgehead atoms. The maximum absolute atomic E-state index is 16.3. The molecular formula is C37H42FN5O5Si. The second-order valence-corrected chi connectivity index (χ2v) is 17.0. The van der Waals surface area contributed by atoms with E-state index in [0.29, 0.717) is 46.9 Å². The Morgan fingerprint density at radius 2 is 1.92 bits per heavy atom. The zero-order valence-electron chi connectivity index (χ0n) is 28.2. The number of anilines is 2. The summed E-state index contributed by atoms with van der Waals surface area (Å²) in [5.41, 5.74) is 1.78. The van der Waals surface area contributed by atoms with Gasteiger partial charge in [-0.15, -0.1) is 11.7 Å². The van der Waals surface area contributed by atoms with Gasteiger partial charge < -0.3 is 28.9 Å².